The van der Waals surface area contributed by atoms with Gasteiger partial charge in [-0.25, -0.2) is 4.98 Å². The third-order valence-corrected chi connectivity index (χ3v) is 1.42. The highest BCUT2D eigenvalue weighted by atomic mass is 16.2. The number of rotatable bonds is 3. The Balaban J connectivity index is 3.33. The maximum Gasteiger partial charge on any atom is 0.284 e. The summed E-state index contributed by atoms with van der Waals surface area (Å²) in [5, 5.41) is 0. The van der Waals surface area contributed by atoms with Gasteiger partial charge in [-0.2, -0.15) is 0 Å². The van der Waals surface area contributed by atoms with Crippen LogP contribution in [0, 0.1) is 0 Å². The summed E-state index contributed by atoms with van der Waals surface area (Å²) < 4.78 is 0. The number of nitrogens with zero attached hydrogens (tertiary/aromatic N) is 1. The van der Waals surface area contributed by atoms with Gasteiger partial charge < -0.3 is 22.2 Å². The van der Waals surface area contributed by atoms with Crippen LogP contribution in [0.5, 0.6) is 0 Å². The van der Waals surface area contributed by atoms with Gasteiger partial charge in [0.1, 0.15) is 5.69 Å². The number of aromatic amines is 1. The van der Waals surface area contributed by atoms with Crippen molar-refractivity contribution in [2.45, 2.75) is 0 Å². The van der Waals surface area contributed by atoms with Gasteiger partial charge in [0.2, 0.25) is 0 Å². The van der Waals surface area contributed by atoms with E-state index >= 15 is 0 Å². The van der Waals surface area contributed by atoms with Crippen LogP contribution in [0.4, 0.5) is 0 Å². The van der Waals surface area contributed by atoms with E-state index in [1.54, 1.807) is 0 Å². The molecule has 0 bridgehead atoms. The van der Waals surface area contributed by atoms with E-state index in [9.17, 15) is 14.4 Å². The van der Waals surface area contributed by atoms with E-state index in [0.717, 1.165) is 0 Å². The molecule has 1 aromatic heterocycles. The van der Waals surface area contributed by atoms with E-state index in [0.29, 0.717) is 0 Å². The van der Waals surface area contributed by atoms with Crippen molar-refractivity contribution in [3.05, 3.63) is 17.2 Å². The van der Waals surface area contributed by atoms with E-state index in [1.807, 2.05) is 0 Å². The molecule has 7 N–H and O–H groups in total. The molecule has 74 valence electrons. The van der Waals surface area contributed by atoms with Crippen molar-refractivity contribution in [3.8, 4) is 0 Å². The summed E-state index contributed by atoms with van der Waals surface area (Å²) in [6.07, 6.45) is 0. The lowest BCUT2D eigenvalue weighted by Crippen LogP contribution is -2.20. The molecule has 1 rings (SSSR count). The van der Waals surface area contributed by atoms with Crippen LogP contribution in [-0.4, -0.2) is 27.7 Å². The third-order valence-electron chi connectivity index (χ3n) is 1.42. The minimum absolute atomic E-state index is 0.327. The van der Waals surface area contributed by atoms with Crippen LogP contribution in [0.15, 0.2) is 0 Å². The van der Waals surface area contributed by atoms with Gasteiger partial charge in [-0.3, -0.25) is 14.4 Å². The van der Waals surface area contributed by atoms with Crippen molar-refractivity contribution in [1.29, 1.82) is 0 Å². The molecule has 0 atom stereocenters. The Hall–Kier alpha value is -2.38. The molecule has 0 saturated heterocycles. The summed E-state index contributed by atoms with van der Waals surface area (Å²) in [6, 6.07) is 0. The number of nitrogens with one attached hydrogen (secondary N) is 1. The first-order valence-corrected chi connectivity index (χ1v) is 3.43. The summed E-state index contributed by atoms with van der Waals surface area (Å²) in [5.74, 6) is -3.17. The number of nitrogens with two attached hydrogens (primary N) is 3. The standard InChI is InChI=1S/C6H7N5O3/c7-3(12)1-2(4(8)13)11-6(10-1)5(9)14/h(H2,7,12)(H2,8,13)(H2,9,14)(H,10,11). The SMILES string of the molecule is NC(=O)c1nc(C(N)=O)c(C(N)=O)[nH]1. The fraction of sp³-hybridized carbons (Fsp3) is 0. The molecular weight excluding hydrogens is 190 g/mol. The Morgan fingerprint density at radius 1 is 1.00 bits per heavy atom. The van der Waals surface area contributed by atoms with Crippen LogP contribution >= 0.6 is 0 Å². The number of amides is 3. The van der Waals surface area contributed by atoms with Gasteiger partial charge in [-0.1, -0.05) is 0 Å². The van der Waals surface area contributed by atoms with Gasteiger partial charge in [0, 0.05) is 0 Å². The smallest absolute Gasteiger partial charge is 0.284 e. The third kappa shape index (κ3) is 1.53. The molecule has 1 aromatic rings. The number of hydrogen-bond donors (Lipinski definition) is 4. The van der Waals surface area contributed by atoms with Gasteiger partial charge >= 0.3 is 0 Å². The molecule has 0 fully saturated rings. The van der Waals surface area contributed by atoms with Crippen LogP contribution < -0.4 is 17.2 Å². The Morgan fingerprint density at radius 2 is 1.57 bits per heavy atom. The Kier molecular flexibility index (Phi) is 2.19. The second-order valence-corrected chi connectivity index (χ2v) is 2.40. The average Bonchev–Trinajstić information content (AvgIpc) is 2.47. The molecule has 0 spiro atoms. The van der Waals surface area contributed by atoms with E-state index in [1.165, 1.54) is 0 Å². The number of primary amides is 3. The van der Waals surface area contributed by atoms with E-state index in [2.05, 4.69) is 9.97 Å². The van der Waals surface area contributed by atoms with Gasteiger partial charge in [0.05, 0.1) is 0 Å². The summed E-state index contributed by atoms with van der Waals surface area (Å²) in [7, 11) is 0. The Morgan fingerprint density at radius 3 is 1.86 bits per heavy atom. The van der Waals surface area contributed by atoms with Gasteiger partial charge in [0.15, 0.2) is 11.5 Å². The van der Waals surface area contributed by atoms with Crippen molar-refractivity contribution in [3.63, 3.8) is 0 Å². The van der Waals surface area contributed by atoms with Gasteiger partial charge in [0.25, 0.3) is 17.7 Å². The molecule has 1 heterocycles. The zero-order chi connectivity index (χ0) is 10.9. The van der Waals surface area contributed by atoms with Crippen molar-refractivity contribution in [1.82, 2.24) is 9.97 Å². The maximum absolute atomic E-state index is 10.8. The molecule has 3 amide bonds. The number of hydrogen-bond acceptors (Lipinski definition) is 4. The van der Waals surface area contributed by atoms with Gasteiger partial charge in [-0.05, 0) is 0 Å². The molecular formula is C6H7N5O3. The van der Waals surface area contributed by atoms with E-state index in [-0.39, 0.29) is 11.5 Å². The minimum Gasteiger partial charge on any atom is -0.364 e. The number of imidazole rings is 1. The molecule has 0 aliphatic carbocycles. The molecule has 0 aliphatic rings. The van der Waals surface area contributed by atoms with Crippen LogP contribution in [0.1, 0.15) is 31.6 Å². The zero-order valence-corrected chi connectivity index (χ0v) is 6.90. The lowest BCUT2D eigenvalue weighted by Gasteiger charge is -1.90. The predicted octanol–water partition coefficient (Wildman–Crippen LogP) is -2.29. The first kappa shape index (κ1) is 9.71. The van der Waals surface area contributed by atoms with Crippen molar-refractivity contribution >= 4 is 17.7 Å². The van der Waals surface area contributed by atoms with Crippen molar-refractivity contribution < 1.29 is 14.4 Å². The summed E-state index contributed by atoms with van der Waals surface area (Å²) in [4.78, 5) is 37.8. The molecule has 14 heavy (non-hydrogen) atoms. The Bertz CT molecular complexity index is 390. The maximum atomic E-state index is 10.8. The molecule has 8 heteroatoms. The second-order valence-electron chi connectivity index (χ2n) is 2.40. The van der Waals surface area contributed by atoms with Crippen LogP contribution in [0.3, 0.4) is 0 Å². The fourth-order valence-corrected chi connectivity index (χ4v) is 0.847. The van der Waals surface area contributed by atoms with Gasteiger partial charge in [-0.15, -0.1) is 0 Å². The van der Waals surface area contributed by atoms with Crippen LogP contribution in [0.25, 0.3) is 0 Å². The van der Waals surface area contributed by atoms with E-state index < -0.39 is 23.4 Å². The number of carbonyl (C=O) groups is 3. The average molecular weight is 197 g/mol. The summed E-state index contributed by atoms with van der Waals surface area (Å²) in [6.45, 7) is 0. The molecule has 0 saturated carbocycles. The molecule has 0 radical (unpaired) electrons. The lowest BCUT2D eigenvalue weighted by molar-refractivity contribution is 0.0962. The highest BCUT2D eigenvalue weighted by Crippen LogP contribution is 2.04. The zero-order valence-electron chi connectivity index (χ0n) is 6.90. The van der Waals surface area contributed by atoms with Crippen molar-refractivity contribution in [2.24, 2.45) is 17.2 Å². The summed E-state index contributed by atoms with van der Waals surface area (Å²) in [5.41, 5.74) is 13.9. The Labute approximate surface area is 77.5 Å². The molecule has 8 nitrogen and oxygen atoms in total. The molecule has 0 aromatic carbocycles. The molecule has 0 unspecified atom stereocenters. The lowest BCUT2D eigenvalue weighted by atomic mass is 10.3. The van der Waals surface area contributed by atoms with E-state index in [4.69, 9.17) is 17.2 Å². The second kappa shape index (κ2) is 3.17. The first-order valence-electron chi connectivity index (χ1n) is 3.43. The largest absolute Gasteiger partial charge is 0.364 e. The minimum atomic E-state index is -0.970. The quantitative estimate of drug-likeness (QED) is 0.429. The van der Waals surface area contributed by atoms with Crippen LogP contribution in [-0.2, 0) is 0 Å². The van der Waals surface area contributed by atoms with Crippen LogP contribution in [0.2, 0.25) is 0 Å². The monoisotopic (exact) mass is 197 g/mol. The first-order chi connectivity index (χ1) is 6.43. The highest BCUT2D eigenvalue weighted by molar-refractivity contribution is 6.05. The topological polar surface area (TPSA) is 158 Å². The van der Waals surface area contributed by atoms with Crippen molar-refractivity contribution in [2.75, 3.05) is 0 Å². The number of carbonyl (C=O) groups excluding carboxylic acids is 3. The number of H-pyrrole nitrogens is 1. The predicted molar refractivity (Wildman–Crippen MR) is 44.1 cm³/mol. The molecule has 0 aliphatic heterocycles. The summed E-state index contributed by atoms with van der Waals surface area (Å²) >= 11 is 0. The normalized spacial score (nSPS) is 9.71. The number of aromatic nitrogens is 2. The fourth-order valence-electron chi connectivity index (χ4n) is 0.847. The highest BCUT2D eigenvalue weighted by Gasteiger charge is 2.20.